The smallest absolute Gasteiger partial charge is 0.229 e. The van der Waals surface area contributed by atoms with Crippen molar-refractivity contribution in [1.29, 1.82) is 0 Å². The molecule has 1 saturated heterocycles. The normalized spacial score (nSPS) is 17.8. The van der Waals surface area contributed by atoms with E-state index in [0.717, 1.165) is 19.4 Å². The van der Waals surface area contributed by atoms with Crippen molar-refractivity contribution in [2.45, 2.75) is 33.6 Å². The molecule has 2 amide bonds. The highest BCUT2D eigenvalue weighted by Gasteiger charge is 2.33. The largest absolute Gasteiger partial charge is 0.493 e. The molecule has 0 bridgehead atoms. The molecule has 1 heterocycles. The monoisotopic (exact) mass is 348 g/mol. The van der Waals surface area contributed by atoms with Crippen molar-refractivity contribution in [2.75, 3.05) is 32.6 Å². The van der Waals surface area contributed by atoms with Crippen LogP contribution in [0.3, 0.4) is 0 Å². The summed E-state index contributed by atoms with van der Waals surface area (Å²) < 4.78 is 10.5. The Morgan fingerprint density at radius 1 is 1.16 bits per heavy atom. The van der Waals surface area contributed by atoms with Gasteiger partial charge in [0.2, 0.25) is 11.8 Å². The number of nitrogens with zero attached hydrogens (tertiary/aromatic N) is 1. The summed E-state index contributed by atoms with van der Waals surface area (Å²) in [5.41, 5.74) is 0.226. The lowest BCUT2D eigenvalue weighted by molar-refractivity contribution is -0.142. The molecule has 138 valence electrons. The number of piperidine rings is 1. The van der Waals surface area contributed by atoms with E-state index in [-0.39, 0.29) is 17.7 Å². The van der Waals surface area contributed by atoms with Gasteiger partial charge in [-0.1, -0.05) is 20.8 Å². The molecule has 25 heavy (non-hydrogen) atoms. The van der Waals surface area contributed by atoms with Crippen molar-refractivity contribution < 1.29 is 19.1 Å². The van der Waals surface area contributed by atoms with Gasteiger partial charge >= 0.3 is 0 Å². The van der Waals surface area contributed by atoms with E-state index < -0.39 is 5.41 Å². The van der Waals surface area contributed by atoms with Gasteiger partial charge in [0.1, 0.15) is 0 Å². The Labute approximate surface area is 149 Å². The van der Waals surface area contributed by atoms with Crippen LogP contribution in [0.15, 0.2) is 18.2 Å². The molecular formula is C19H28N2O4. The highest BCUT2D eigenvalue weighted by molar-refractivity contribution is 5.93. The molecule has 1 aromatic carbocycles. The average Bonchev–Trinajstić information content (AvgIpc) is 2.60. The molecule has 0 aliphatic carbocycles. The number of ether oxygens (including phenoxy) is 2. The zero-order valence-corrected chi connectivity index (χ0v) is 15.7. The van der Waals surface area contributed by atoms with Crippen molar-refractivity contribution in [3.05, 3.63) is 18.2 Å². The molecule has 0 aromatic heterocycles. The number of amides is 2. The van der Waals surface area contributed by atoms with Crippen LogP contribution >= 0.6 is 0 Å². The predicted molar refractivity (Wildman–Crippen MR) is 96.9 cm³/mol. The number of anilines is 1. The van der Waals surface area contributed by atoms with Crippen molar-refractivity contribution in [3.63, 3.8) is 0 Å². The van der Waals surface area contributed by atoms with Crippen LogP contribution in [0, 0.1) is 11.3 Å². The Balaban J connectivity index is 2.04. The summed E-state index contributed by atoms with van der Waals surface area (Å²) in [6.45, 7) is 6.90. The average molecular weight is 348 g/mol. The summed E-state index contributed by atoms with van der Waals surface area (Å²) in [5, 5.41) is 2.92. The quantitative estimate of drug-likeness (QED) is 0.908. The number of carbonyl (C=O) groups is 2. The fraction of sp³-hybridized carbons (Fsp3) is 0.579. The van der Waals surface area contributed by atoms with Crippen LogP contribution in [0.5, 0.6) is 11.5 Å². The number of rotatable bonds is 4. The zero-order chi connectivity index (χ0) is 18.6. The molecule has 0 spiro atoms. The molecule has 1 atom stereocenters. The van der Waals surface area contributed by atoms with Gasteiger partial charge in [-0.3, -0.25) is 9.59 Å². The number of methoxy groups -OCH3 is 2. The maximum absolute atomic E-state index is 12.6. The molecule has 6 nitrogen and oxygen atoms in total. The minimum absolute atomic E-state index is 0.0707. The first-order chi connectivity index (χ1) is 11.8. The number of benzene rings is 1. The fourth-order valence-corrected chi connectivity index (χ4v) is 3.01. The topological polar surface area (TPSA) is 67.9 Å². The fourth-order valence-electron chi connectivity index (χ4n) is 3.01. The third kappa shape index (κ3) is 4.65. The Bertz CT molecular complexity index is 637. The van der Waals surface area contributed by atoms with Gasteiger partial charge in [0.05, 0.1) is 20.1 Å². The maximum atomic E-state index is 12.6. The molecule has 1 aromatic rings. The van der Waals surface area contributed by atoms with E-state index in [1.165, 1.54) is 0 Å². The van der Waals surface area contributed by atoms with Crippen LogP contribution < -0.4 is 14.8 Å². The second kappa shape index (κ2) is 7.76. The van der Waals surface area contributed by atoms with E-state index in [1.807, 2.05) is 25.7 Å². The number of carbonyl (C=O) groups excluding carboxylic acids is 2. The number of likely N-dealkylation sites (tertiary alicyclic amines) is 1. The SMILES string of the molecule is COc1ccc(NC(=O)C2CCCN(C(=O)C(C)(C)C)C2)cc1OC. The molecule has 1 aliphatic rings. The van der Waals surface area contributed by atoms with E-state index in [9.17, 15) is 9.59 Å². The highest BCUT2D eigenvalue weighted by atomic mass is 16.5. The van der Waals surface area contributed by atoms with Crippen LogP contribution in [0.2, 0.25) is 0 Å². The van der Waals surface area contributed by atoms with Crippen molar-refractivity contribution >= 4 is 17.5 Å². The van der Waals surface area contributed by atoms with E-state index in [0.29, 0.717) is 23.7 Å². The molecule has 1 fully saturated rings. The molecule has 1 aliphatic heterocycles. The van der Waals surface area contributed by atoms with Gasteiger partial charge in [-0.15, -0.1) is 0 Å². The zero-order valence-electron chi connectivity index (χ0n) is 15.7. The van der Waals surface area contributed by atoms with Crippen LogP contribution in [0.25, 0.3) is 0 Å². The lowest BCUT2D eigenvalue weighted by atomic mass is 9.91. The standard InChI is InChI=1S/C19H28N2O4/c1-19(2,3)18(23)21-10-6-7-13(12-21)17(22)20-14-8-9-15(24-4)16(11-14)25-5/h8-9,11,13H,6-7,10,12H2,1-5H3,(H,20,22). The van der Waals surface area contributed by atoms with Crippen molar-refractivity contribution in [2.24, 2.45) is 11.3 Å². The first-order valence-corrected chi connectivity index (χ1v) is 8.58. The van der Waals surface area contributed by atoms with Crippen molar-refractivity contribution in [1.82, 2.24) is 4.90 Å². The van der Waals surface area contributed by atoms with Gasteiger partial charge in [-0.2, -0.15) is 0 Å². The van der Waals surface area contributed by atoms with Gasteiger partial charge < -0.3 is 19.7 Å². The van der Waals surface area contributed by atoms with Gasteiger partial charge in [0.25, 0.3) is 0 Å². The van der Waals surface area contributed by atoms with Gasteiger partial charge in [-0.05, 0) is 25.0 Å². The molecule has 6 heteroatoms. The number of nitrogens with one attached hydrogen (secondary N) is 1. The molecule has 1 N–H and O–H groups in total. The van der Waals surface area contributed by atoms with Crippen molar-refractivity contribution in [3.8, 4) is 11.5 Å². The Morgan fingerprint density at radius 2 is 1.84 bits per heavy atom. The van der Waals surface area contributed by atoms with Crippen LogP contribution in [0.4, 0.5) is 5.69 Å². The summed E-state index contributed by atoms with van der Waals surface area (Å²) in [5.74, 6) is 0.997. The van der Waals surface area contributed by atoms with E-state index in [2.05, 4.69) is 5.32 Å². The lowest BCUT2D eigenvalue weighted by Crippen LogP contribution is -2.47. The second-order valence-corrected chi connectivity index (χ2v) is 7.40. The van der Waals surface area contributed by atoms with E-state index >= 15 is 0 Å². The maximum Gasteiger partial charge on any atom is 0.229 e. The van der Waals surface area contributed by atoms with Crippen LogP contribution in [0.1, 0.15) is 33.6 Å². The van der Waals surface area contributed by atoms with Crippen LogP contribution in [-0.2, 0) is 9.59 Å². The summed E-state index contributed by atoms with van der Waals surface area (Å²) in [7, 11) is 3.12. The van der Waals surface area contributed by atoms with Crippen LogP contribution in [-0.4, -0.2) is 44.0 Å². The highest BCUT2D eigenvalue weighted by Crippen LogP contribution is 2.30. The first kappa shape index (κ1) is 19.1. The van der Waals surface area contributed by atoms with E-state index in [1.54, 1.807) is 32.4 Å². The second-order valence-electron chi connectivity index (χ2n) is 7.40. The number of hydrogen-bond acceptors (Lipinski definition) is 4. The minimum atomic E-state index is -0.429. The van der Waals surface area contributed by atoms with Gasteiger partial charge in [0.15, 0.2) is 11.5 Å². The minimum Gasteiger partial charge on any atom is -0.493 e. The molecule has 0 radical (unpaired) electrons. The molecule has 2 rings (SSSR count). The Morgan fingerprint density at radius 3 is 2.44 bits per heavy atom. The summed E-state index contributed by atoms with van der Waals surface area (Å²) in [6, 6.07) is 5.27. The Hall–Kier alpha value is -2.24. The third-order valence-corrected chi connectivity index (χ3v) is 4.37. The summed E-state index contributed by atoms with van der Waals surface area (Å²) in [4.78, 5) is 26.9. The van der Waals surface area contributed by atoms with E-state index in [4.69, 9.17) is 9.47 Å². The summed E-state index contributed by atoms with van der Waals surface area (Å²) in [6.07, 6.45) is 1.62. The molecule has 0 saturated carbocycles. The number of hydrogen-bond donors (Lipinski definition) is 1. The lowest BCUT2D eigenvalue weighted by Gasteiger charge is -2.35. The Kier molecular flexibility index (Phi) is 5.93. The van der Waals surface area contributed by atoms with Gasteiger partial charge in [-0.25, -0.2) is 0 Å². The van der Waals surface area contributed by atoms with Gasteiger partial charge in [0, 0.05) is 30.3 Å². The molecular weight excluding hydrogens is 320 g/mol. The first-order valence-electron chi connectivity index (χ1n) is 8.58. The third-order valence-electron chi connectivity index (χ3n) is 4.37. The summed E-state index contributed by atoms with van der Waals surface area (Å²) >= 11 is 0. The molecule has 1 unspecified atom stereocenters. The predicted octanol–water partition coefficient (Wildman–Crippen LogP) is 2.93.